The zero-order chi connectivity index (χ0) is 24.7. The quantitative estimate of drug-likeness (QED) is 0.327. The maximum atomic E-state index is 13.2. The van der Waals surface area contributed by atoms with Crippen LogP contribution in [0, 0.1) is 0 Å². The van der Waals surface area contributed by atoms with E-state index in [2.05, 4.69) is 22.5 Å². The summed E-state index contributed by atoms with van der Waals surface area (Å²) >= 11 is 0. The van der Waals surface area contributed by atoms with E-state index in [1.165, 1.54) is 31.5 Å². The molecule has 7 heteroatoms. The summed E-state index contributed by atoms with van der Waals surface area (Å²) in [7, 11) is 0. The van der Waals surface area contributed by atoms with E-state index in [9.17, 15) is 13.2 Å². The van der Waals surface area contributed by atoms with Gasteiger partial charge in [-0.1, -0.05) is 31.9 Å². The Kier molecular flexibility index (Phi) is 8.50. The Morgan fingerprint density at radius 1 is 1.03 bits per heavy atom. The van der Waals surface area contributed by atoms with Crippen LogP contribution in [-0.4, -0.2) is 36.1 Å². The number of hydrogen-bond donors (Lipinski definition) is 0. The van der Waals surface area contributed by atoms with Gasteiger partial charge < -0.3 is 9.47 Å². The summed E-state index contributed by atoms with van der Waals surface area (Å²) in [6.45, 7) is 7.79. The minimum Gasteiger partial charge on any atom is -0.493 e. The number of benzene rings is 1. The molecule has 0 unspecified atom stereocenters. The lowest BCUT2D eigenvalue weighted by Crippen LogP contribution is -2.32. The van der Waals surface area contributed by atoms with Gasteiger partial charge in [-0.3, -0.25) is 9.88 Å². The predicted octanol–water partition coefficient (Wildman–Crippen LogP) is 7.42. The second kappa shape index (κ2) is 11.8. The van der Waals surface area contributed by atoms with Gasteiger partial charge in [-0.05, 0) is 80.6 Å². The molecule has 1 fully saturated rings. The highest BCUT2D eigenvalue weighted by atomic mass is 19.4. The molecule has 2 aliphatic rings. The highest BCUT2D eigenvalue weighted by Crippen LogP contribution is 2.36. The van der Waals surface area contributed by atoms with Crippen molar-refractivity contribution < 1.29 is 22.6 Å². The first-order chi connectivity index (χ1) is 16.9. The fourth-order valence-electron chi connectivity index (χ4n) is 4.64. The van der Waals surface area contributed by atoms with Gasteiger partial charge in [-0.15, -0.1) is 0 Å². The zero-order valence-electron chi connectivity index (χ0n) is 20.1. The number of allylic oxidation sites excluding steroid dienone is 3. The molecule has 4 rings (SSSR count). The van der Waals surface area contributed by atoms with E-state index in [4.69, 9.17) is 9.47 Å². The molecule has 0 aliphatic carbocycles. The summed E-state index contributed by atoms with van der Waals surface area (Å²) in [4.78, 5) is 6.37. The number of unbranched alkanes of at least 4 members (excludes halogenated alkanes) is 3. The van der Waals surface area contributed by atoms with Gasteiger partial charge in [0.25, 0.3) is 0 Å². The highest BCUT2D eigenvalue weighted by Gasteiger charge is 2.33. The summed E-state index contributed by atoms with van der Waals surface area (Å²) < 4.78 is 51.4. The number of piperidine rings is 1. The Balaban J connectivity index is 1.16. The van der Waals surface area contributed by atoms with Crippen LogP contribution >= 0.6 is 0 Å². The molecule has 188 valence electrons. The first-order valence-corrected chi connectivity index (χ1v) is 12.5. The largest absolute Gasteiger partial charge is 0.493 e. The van der Waals surface area contributed by atoms with Gasteiger partial charge in [-0.2, -0.15) is 13.2 Å². The molecule has 0 N–H and O–H groups in total. The van der Waals surface area contributed by atoms with Gasteiger partial charge in [0, 0.05) is 11.6 Å². The number of nitrogens with zero attached hydrogens (tertiary/aromatic N) is 2. The van der Waals surface area contributed by atoms with Crippen molar-refractivity contribution in [3.63, 3.8) is 0 Å². The third kappa shape index (κ3) is 6.88. The van der Waals surface area contributed by atoms with E-state index in [1.807, 2.05) is 6.26 Å². The standard InChI is InChI=1S/C28H33F3N2O2/c1-21-18-23(19-33-15-6-4-7-16-33)35-20-22(21)10-5-2-3-8-17-34-26-13-14-32-27-24(26)11-9-12-25(27)28(29,30)31/h9,11-14,18,20H,1-8,10,15-17,19H2. The first-order valence-electron chi connectivity index (χ1n) is 12.5. The van der Waals surface area contributed by atoms with Crippen molar-refractivity contribution >= 4 is 10.9 Å². The topological polar surface area (TPSA) is 34.6 Å². The minimum atomic E-state index is -4.44. The molecule has 0 radical (unpaired) electrons. The number of hydrogen-bond acceptors (Lipinski definition) is 4. The van der Waals surface area contributed by atoms with Crippen LogP contribution in [0.1, 0.15) is 56.9 Å². The maximum Gasteiger partial charge on any atom is 0.418 e. The summed E-state index contributed by atoms with van der Waals surface area (Å²) in [5.41, 5.74) is 1.37. The Hall–Kier alpha value is -2.80. The summed E-state index contributed by atoms with van der Waals surface area (Å²) in [6, 6.07) is 5.68. The third-order valence-electron chi connectivity index (χ3n) is 6.56. The normalized spacial score (nSPS) is 17.2. The molecule has 2 aromatic rings. The van der Waals surface area contributed by atoms with Crippen molar-refractivity contribution in [1.82, 2.24) is 9.88 Å². The average Bonchev–Trinajstić information content (AvgIpc) is 2.84. The van der Waals surface area contributed by atoms with E-state index in [1.54, 1.807) is 12.1 Å². The smallest absolute Gasteiger partial charge is 0.418 e. The first kappa shape index (κ1) is 25.3. The van der Waals surface area contributed by atoms with Crippen molar-refractivity contribution in [2.24, 2.45) is 0 Å². The van der Waals surface area contributed by atoms with Gasteiger partial charge in [0.15, 0.2) is 0 Å². The van der Waals surface area contributed by atoms with Gasteiger partial charge in [-0.25, -0.2) is 0 Å². The van der Waals surface area contributed by atoms with E-state index in [0.717, 1.165) is 74.7 Å². The van der Waals surface area contributed by atoms with Crippen LogP contribution in [0.5, 0.6) is 5.75 Å². The number of pyridine rings is 1. The fourth-order valence-corrected chi connectivity index (χ4v) is 4.64. The molecule has 0 spiro atoms. The van der Waals surface area contributed by atoms with Gasteiger partial charge >= 0.3 is 6.18 Å². The highest BCUT2D eigenvalue weighted by molar-refractivity contribution is 5.87. The lowest BCUT2D eigenvalue weighted by Gasteiger charge is -2.28. The zero-order valence-corrected chi connectivity index (χ0v) is 20.1. The molecule has 0 bridgehead atoms. The number of aromatic nitrogens is 1. The lowest BCUT2D eigenvalue weighted by atomic mass is 9.99. The van der Waals surface area contributed by atoms with Crippen molar-refractivity contribution in [3.05, 3.63) is 71.8 Å². The minimum absolute atomic E-state index is 0.0751. The number of rotatable bonds is 10. The number of para-hydroxylation sites is 1. The monoisotopic (exact) mass is 486 g/mol. The van der Waals surface area contributed by atoms with Crippen LogP contribution in [0.25, 0.3) is 10.9 Å². The molecule has 1 aromatic heterocycles. The van der Waals surface area contributed by atoms with Crippen LogP contribution in [-0.2, 0) is 10.9 Å². The summed E-state index contributed by atoms with van der Waals surface area (Å²) in [6.07, 6.45) is 9.49. The molecule has 1 saturated heterocycles. The van der Waals surface area contributed by atoms with E-state index in [0.29, 0.717) is 17.7 Å². The Morgan fingerprint density at radius 2 is 1.83 bits per heavy atom. The maximum absolute atomic E-state index is 13.2. The molecule has 0 saturated carbocycles. The molecule has 4 nitrogen and oxygen atoms in total. The van der Waals surface area contributed by atoms with Crippen molar-refractivity contribution in [3.8, 4) is 5.75 Å². The van der Waals surface area contributed by atoms with Crippen LogP contribution in [0.15, 0.2) is 66.3 Å². The molecule has 35 heavy (non-hydrogen) atoms. The van der Waals surface area contributed by atoms with Crippen molar-refractivity contribution in [1.29, 1.82) is 0 Å². The molecule has 1 aromatic carbocycles. The van der Waals surface area contributed by atoms with Crippen molar-refractivity contribution in [2.75, 3.05) is 26.2 Å². The second-order valence-corrected chi connectivity index (χ2v) is 9.25. The summed E-state index contributed by atoms with van der Waals surface area (Å²) in [5, 5.41) is 0.387. The molecular formula is C28H33F3N2O2. The van der Waals surface area contributed by atoms with Crippen LogP contribution in [0.3, 0.4) is 0 Å². The Labute approximate surface area is 205 Å². The van der Waals surface area contributed by atoms with Crippen molar-refractivity contribution in [2.45, 2.75) is 57.5 Å². The molecular weight excluding hydrogens is 453 g/mol. The average molecular weight is 487 g/mol. The van der Waals surface area contributed by atoms with E-state index in [-0.39, 0.29) is 5.52 Å². The predicted molar refractivity (Wildman–Crippen MR) is 132 cm³/mol. The van der Waals surface area contributed by atoms with Gasteiger partial charge in [0.1, 0.15) is 11.5 Å². The molecule has 3 heterocycles. The van der Waals surface area contributed by atoms with Crippen LogP contribution < -0.4 is 4.74 Å². The fraction of sp³-hybridized carbons (Fsp3) is 0.464. The van der Waals surface area contributed by atoms with E-state index < -0.39 is 11.7 Å². The third-order valence-corrected chi connectivity index (χ3v) is 6.56. The number of ether oxygens (including phenoxy) is 2. The van der Waals surface area contributed by atoms with Crippen LogP contribution in [0.2, 0.25) is 0 Å². The summed E-state index contributed by atoms with van der Waals surface area (Å²) in [5.74, 6) is 1.41. The number of fused-ring (bicyclic) bond motifs is 1. The molecule has 0 amide bonds. The molecule has 2 aliphatic heterocycles. The van der Waals surface area contributed by atoms with Gasteiger partial charge in [0.2, 0.25) is 0 Å². The van der Waals surface area contributed by atoms with E-state index >= 15 is 0 Å². The Bertz CT molecular complexity index is 1090. The van der Waals surface area contributed by atoms with Crippen LogP contribution in [0.4, 0.5) is 13.2 Å². The second-order valence-electron chi connectivity index (χ2n) is 9.25. The Morgan fingerprint density at radius 3 is 2.60 bits per heavy atom. The number of halogens is 3. The number of likely N-dealkylation sites (tertiary alicyclic amines) is 1. The SMILES string of the molecule is C=C1C=C(CN2CCCCC2)OC=C1CCCCCCOc1ccnc2c(C(F)(F)F)cccc12. The lowest BCUT2D eigenvalue weighted by molar-refractivity contribution is -0.136. The number of alkyl halides is 3. The van der Waals surface area contributed by atoms with Gasteiger partial charge in [0.05, 0.1) is 30.5 Å². The molecule has 0 atom stereocenters.